The van der Waals surface area contributed by atoms with Crippen LogP contribution in [0.3, 0.4) is 0 Å². The van der Waals surface area contributed by atoms with E-state index in [-0.39, 0.29) is 18.8 Å². The van der Waals surface area contributed by atoms with Gasteiger partial charge in [0.1, 0.15) is 17.1 Å². The molecule has 0 atom stereocenters. The highest BCUT2D eigenvalue weighted by Gasteiger charge is 2.19. The maximum absolute atomic E-state index is 12.1. The van der Waals surface area contributed by atoms with E-state index in [2.05, 4.69) is 0 Å². The molecule has 0 saturated heterocycles. The van der Waals surface area contributed by atoms with Crippen molar-refractivity contribution in [1.82, 2.24) is 0 Å². The summed E-state index contributed by atoms with van der Waals surface area (Å²) in [6, 6.07) is 12.9. The van der Waals surface area contributed by atoms with Gasteiger partial charge in [-0.05, 0) is 54.7 Å². The molecule has 0 fully saturated rings. The minimum Gasteiger partial charge on any atom is -0.497 e. The Kier molecular flexibility index (Phi) is 5.51. The molecule has 1 aliphatic carbocycles. The molecular weight excluding hydrogens is 372 g/mol. The van der Waals surface area contributed by atoms with Crippen molar-refractivity contribution in [1.29, 1.82) is 0 Å². The molecule has 1 aliphatic rings. The Balaban J connectivity index is 1.31. The second-order valence-corrected chi connectivity index (χ2v) is 6.97. The molecule has 0 spiro atoms. The van der Waals surface area contributed by atoms with E-state index in [1.165, 1.54) is 0 Å². The molecule has 6 nitrogen and oxygen atoms in total. The number of carbonyl (C=O) groups excluding carboxylic acids is 1. The van der Waals surface area contributed by atoms with Crippen LogP contribution in [-0.4, -0.2) is 26.3 Å². The second kappa shape index (κ2) is 8.39. The van der Waals surface area contributed by atoms with Gasteiger partial charge in [-0.25, -0.2) is 9.59 Å². The number of hydrogen-bond donors (Lipinski definition) is 0. The van der Waals surface area contributed by atoms with Crippen LogP contribution in [0.4, 0.5) is 0 Å². The molecule has 0 N–H and O–H groups in total. The first-order valence-electron chi connectivity index (χ1n) is 9.64. The fraction of sp³-hybridized carbons (Fsp3) is 0.304. The zero-order chi connectivity index (χ0) is 20.2. The van der Waals surface area contributed by atoms with E-state index in [0.717, 1.165) is 47.1 Å². The van der Waals surface area contributed by atoms with Crippen LogP contribution in [0.1, 0.15) is 23.1 Å². The van der Waals surface area contributed by atoms with Gasteiger partial charge in [0.25, 0.3) is 0 Å². The van der Waals surface area contributed by atoms with E-state index in [9.17, 15) is 9.59 Å². The molecule has 29 heavy (non-hydrogen) atoms. The summed E-state index contributed by atoms with van der Waals surface area (Å²) in [7, 11) is 1.62. The first-order chi connectivity index (χ1) is 14.1. The van der Waals surface area contributed by atoms with Gasteiger partial charge < -0.3 is 18.6 Å². The lowest BCUT2D eigenvalue weighted by atomic mass is 10.1. The summed E-state index contributed by atoms with van der Waals surface area (Å²) in [4.78, 5) is 24.0. The van der Waals surface area contributed by atoms with Gasteiger partial charge in [0, 0.05) is 23.4 Å². The van der Waals surface area contributed by atoms with Crippen LogP contribution in [0.25, 0.3) is 11.0 Å². The molecule has 1 aromatic heterocycles. The van der Waals surface area contributed by atoms with Crippen molar-refractivity contribution in [3.63, 3.8) is 0 Å². The van der Waals surface area contributed by atoms with E-state index in [4.69, 9.17) is 18.6 Å². The predicted octanol–water partition coefficient (Wildman–Crippen LogP) is 3.46. The van der Waals surface area contributed by atoms with Crippen LogP contribution in [0.2, 0.25) is 0 Å². The monoisotopic (exact) mass is 394 g/mol. The first kappa shape index (κ1) is 19.1. The molecular formula is C23H22O6. The first-order valence-corrected chi connectivity index (χ1v) is 9.64. The van der Waals surface area contributed by atoms with E-state index in [0.29, 0.717) is 17.8 Å². The highest BCUT2D eigenvalue weighted by atomic mass is 16.6. The third-order valence-corrected chi connectivity index (χ3v) is 5.11. The summed E-state index contributed by atoms with van der Waals surface area (Å²) in [5.74, 6) is 0.801. The lowest BCUT2D eigenvalue weighted by Gasteiger charge is -2.09. The van der Waals surface area contributed by atoms with E-state index >= 15 is 0 Å². The zero-order valence-electron chi connectivity index (χ0n) is 16.2. The van der Waals surface area contributed by atoms with Crippen LogP contribution in [0.15, 0.2) is 51.7 Å². The van der Waals surface area contributed by atoms with Gasteiger partial charge >= 0.3 is 11.6 Å². The van der Waals surface area contributed by atoms with Crippen molar-refractivity contribution in [3.05, 3.63) is 69.6 Å². The normalized spacial score (nSPS) is 12.6. The van der Waals surface area contributed by atoms with E-state index in [1.54, 1.807) is 19.2 Å². The summed E-state index contributed by atoms with van der Waals surface area (Å²) in [6.07, 6.45) is 3.24. The highest BCUT2D eigenvalue weighted by Crippen LogP contribution is 2.29. The quantitative estimate of drug-likeness (QED) is 0.451. The predicted molar refractivity (Wildman–Crippen MR) is 108 cm³/mol. The van der Waals surface area contributed by atoms with Crippen molar-refractivity contribution in [3.8, 4) is 11.5 Å². The van der Waals surface area contributed by atoms with Gasteiger partial charge in [-0.2, -0.15) is 0 Å². The Hall–Kier alpha value is -3.28. The molecule has 2 aromatic carbocycles. The fourth-order valence-corrected chi connectivity index (χ4v) is 3.61. The summed E-state index contributed by atoms with van der Waals surface area (Å²) in [5, 5.41) is 0.937. The molecule has 0 radical (unpaired) electrons. The molecule has 0 aliphatic heterocycles. The number of rotatable bonds is 7. The number of esters is 1. The minimum atomic E-state index is -0.450. The molecule has 1 heterocycles. The fourth-order valence-electron chi connectivity index (χ4n) is 3.61. The molecule has 6 heteroatoms. The van der Waals surface area contributed by atoms with Crippen molar-refractivity contribution < 1.29 is 23.4 Å². The van der Waals surface area contributed by atoms with Gasteiger partial charge in [-0.1, -0.05) is 12.1 Å². The summed E-state index contributed by atoms with van der Waals surface area (Å²) >= 11 is 0. The molecule has 4 rings (SSSR count). The van der Waals surface area contributed by atoms with Crippen LogP contribution in [-0.2, 0) is 28.8 Å². The Morgan fingerprint density at radius 3 is 2.59 bits per heavy atom. The molecule has 0 unspecified atom stereocenters. The molecule has 0 saturated carbocycles. The van der Waals surface area contributed by atoms with Crippen molar-refractivity contribution in [2.45, 2.75) is 25.7 Å². The Labute approximate surface area is 168 Å². The molecule has 150 valence electrons. The summed E-state index contributed by atoms with van der Waals surface area (Å²) < 4.78 is 21.3. The van der Waals surface area contributed by atoms with Crippen LogP contribution >= 0.6 is 0 Å². The van der Waals surface area contributed by atoms with Crippen molar-refractivity contribution in [2.24, 2.45) is 0 Å². The average Bonchev–Trinajstić information content (AvgIpc) is 3.23. The number of hydrogen-bond acceptors (Lipinski definition) is 6. The van der Waals surface area contributed by atoms with Gasteiger partial charge in [-0.3, -0.25) is 0 Å². The number of ether oxygens (including phenoxy) is 3. The lowest BCUT2D eigenvalue weighted by Crippen LogP contribution is -2.16. The molecule has 3 aromatic rings. The number of benzene rings is 2. The number of fused-ring (bicyclic) bond motifs is 3. The Morgan fingerprint density at radius 1 is 1.03 bits per heavy atom. The van der Waals surface area contributed by atoms with Crippen molar-refractivity contribution >= 4 is 16.9 Å². The third kappa shape index (κ3) is 4.26. The summed E-state index contributed by atoms with van der Waals surface area (Å²) in [6.45, 7) is 0.0660. The van der Waals surface area contributed by atoms with Crippen LogP contribution in [0.5, 0.6) is 11.5 Å². The second-order valence-electron chi connectivity index (χ2n) is 6.97. The molecule has 0 amide bonds. The number of methoxy groups -OCH3 is 1. The lowest BCUT2D eigenvalue weighted by molar-refractivity contribution is -0.145. The van der Waals surface area contributed by atoms with Crippen LogP contribution in [0, 0.1) is 0 Å². The van der Waals surface area contributed by atoms with Gasteiger partial charge in [-0.15, -0.1) is 0 Å². The minimum absolute atomic E-state index is 0.205. The third-order valence-electron chi connectivity index (χ3n) is 5.11. The highest BCUT2D eigenvalue weighted by molar-refractivity contribution is 5.83. The number of aryl methyl sites for hydroxylation is 1. The SMILES string of the molecule is COc1ccc(CCOC(=O)COc2ccc3c4c(c(=O)oc3c2)CCC4)cc1. The summed E-state index contributed by atoms with van der Waals surface area (Å²) in [5.41, 5.74) is 3.12. The molecule has 0 bridgehead atoms. The zero-order valence-corrected chi connectivity index (χ0v) is 16.2. The smallest absolute Gasteiger partial charge is 0.344 e. The van der Waals surface area contributed by atoms with Crippen molar-refractivity contribution in [2.75, 3.05) is 20.3 Å². The number of carbonyl (C=O) groups is 1. The van der Waals surface area contributed by atoms with Crippen LogP contribution < -0.4 is 15.1 Å². The average molecular weight is 394 g/mol. The van der Waals surface area contributed by atoms with Gasteiger partial charge in [0.15, 0.2) is 6.61 Å². The Morgan fingerprint density at radius 2 is 1.79 bits per heavy atom. The maximum atomic E-state index is 12.1. The van der Waals surface area contributed by atoms with Gasteiger partial charge in [0.05, 0.1) is 13.7 Å². The standard InChI is InChI=1S/C23H22O6/c1-26-16-7-5-15(6-8-16)11-12-27-22(24)14-28-17-9-10-19-18-3-2-4-20(18)23(25)29-21(19)13-17/h5-10,13H,2-4,11-12,14H2,1H3. The Bertz CT molecular complexity index is 1080. The largest absolute Gasteiger partial charge is 0.497 e. The topological polar surface area (TPSA) is 75.0 Å². The van der Waals surface area contributed by atoms with E-state index in [1.807, 2.05) is 30.3 Å². The maximum Gasteiger partial charge on any atom is 0.344 e. The van der Waals surface area contributed by atoms with Gasteiger partial charge in [0.2, 0.25) is 0 Å². The van der Waals surface area contributed by atoms with E-state index < -0.39 is 5.97 Å².